The van der Waals surface area contributed by atoms with Gasteiger partial charge in [-0.15, -0.1) is 6.58 Å². The standard InChI is InChI=1S/C16H13F3N4O3/c1-3-8-23(15(24)25-2)12(9-20)10-4-6-11(7-5-10)13-21-14(26-22-13)16(17,18)19/h3-7,12H,1,8H2,2H3. The number of nitrogens with zero attached hydrogens (tertiary/aromatic N) is 4. The molecule has 0 bridgehead atoms. The Bertz CT molecular complexity index is 825. The van der Waals surface area contributed by atoms with Crippen molar-refractivity contribution in [3.05, 3.63) is 48.4 Å². The molecular weight excluding hydrogens is 353 g/mol. The number of halogens is 3. The number of amides is 1. The highest BCUT2D eigenvalue weighted by atomic mass is 19.4. The van der Waals surface area contributed by atoms with Gasteiger partial charge in [0.1, 0.15) is 6.04 Å². The normalized spacial score (nSPS) is 12.1. The summed E-state index contributed by atoms with van der Waals surface area (Å²) in [5.74, 6) is -1.69. The molecule has 10 heteroatoms. The van der Waals surface area contributed by atoms with Gasteiger partial charge < -0.3 is 9.26 Å². The number of benzene rings is 1. The first-order valence-corrected chi connectivity index (χ1v) is 7.18. The lowest BCUT2D eigenvalue weighted by atomic mass is 10.0. The predicted octanol–water partition coefficient (Wildman–Crippen LogP) is 3.57. The molecule has 1 amide bonds. The topological polar surface area (TPSA) is 92.2 Å². The van der Waals surface area contributed by atoms with Crippen LogP contribution in [0.2, 0.25) is 0 Å². The van der Waals surface area contributed by atoms with E-state index >= 15 is 0 Å². The number of hydrogen-bond donors (Lipinski definition) is 0. The third-order valence-electron chi connectivity index (χ3n) is 3.32. The van der Waals surface area contributed by atoms with Crippen LogP contribution in [-0.4, -0.2) is 34.8 Å². The van der Waals surface area contributed by atoms with Gasteiger partial charge in [0.25, 0.3) is 0 Å². The van der Waals surface area contributed by atoms with Gasteiger partial charge in [-0.2, -0.15) is 23.4 Å². The van der Waals surface area contributed by atoms with E-state index in [2.05, 4.69) is 26.0 Å². The Labute approximate surface area is 146 Å². The van der Waals surface area contributed by atoms with Crippen LogP contribution < -0.4 is 0 Å². The minimum atomic E-state index is -4.73. The number of carbonyl (C=O) groups excluding carboxylic acids is 1. The molecule has 26 heavy (non-hydrogen) atoms. The minimum Gasteiger partial charge on any atom is -0.453 e. The Morgan fingerprint density at radius 1 is 1.46 bits per heavy atom. The summed E-state index contributed by atoms with van der Waals surface area (Å²) in [5.41, 5.74) is 0.695. The quantitative estimate of drug-likeness (QED) is 0.751. The van der Waals surface area contributed by atoms with Crippen LogP contribution in [0.1, 0.15) is 17.5 Å². The minimum absolute atomic E-state index is 0.0758. The highest BCUT2D eigenvalue weighted by Gasteiger charge is 2.38. The average Bonchev–Trinajstić information content (AvgIpc) is 3.12. The average molecular weight is 366 g/mol. The van der Waals surface area contributed by atoms with Gasteiger partial charge in [0.2, 0.25) is 5.82 Å². The second-order valence-corrected chi connectivity index (χ2v) is 4.99. The van der Waals surface area contributed by atoms with E-state index in [0.717, 1.165) is 4.90 Å². The molecule has 0 radical (unpaired) electrons. The third-order valence-corrected chi connectivity index (χ3v) is 3.32. The Morgan fingerprint density at radius 3 is 2.58 bits per heavy atom. The number of carbonyl (C=O) groups is 1. The van der Waals surface area contributed by atoms with Gasteiger partial charge in [-0.05, 0) is 5.56 Å². The molecule has 136 valence electrons. The number of aromatic nitrogens is 2. The summed E-state index contributed by atoms with van der Waals surface area (Å²) in [6, 6.07) is 6.82. The smallest absolute Gasteiger partial charge is 0.453 e. The van der Waals surface area contributed by atoms with Crippen molar-refractivity contribution < 1.29 is 27.2 Å². The summed E-state index contributed by atoms with van der Waals surface area (Å²) in [7, 11) is 1.18. The van der Waals surface area contributed by atoms with Gasteiger partial charge in [0.15, 0.2) is 0 Å². The van der Waals surface area contributed by atoms with Gasteiger partial charge >= 0.3 is 18.2 Å². The molecule has 1 unspecified atom stereocenters. The van der Waals surface area contributed by atoms with Crippen molar-refractivity contribution >= 4 is 6.09 Å². The summed E-state index contributed by atoms with van der Waals surface area (Å²) in [6.45, 7) is 3.60. The number of hydrogen-bond acceptors (Lipinski definition) is 6. The van der Waals surface area contributed by atoms with Crippen LogP contribution in [0.4, 0.5) is 18.0 Å². The fourth-order valence-electron chi connectivity index (χ4n) is 2.14. The summed E-state index contributed by atoms with van der Waals surface area (Å²) < 4.78 is 46.4. The van der Waals surface area contributed by atoms with E-state index in [-0.39, 0.29) is 17.9 Å². The van der Waals surface area contributed by atoms with Crippen molar-refractivity contribution in [3.8, 4) is 17.5 Å². The zero-order valence-electron chi connectivity index (χ0n) is 13.5. The van der Waals surface area contributed by atoms with Crippen LogP contribution in [0.5, 0.6) is 0 Å². The van der Waals surface area contributed by atoms with Crippen molar-refractivity contribution in [2.24, 2.45) is 0 Å². The lowest BCUT2D eigenvalue weighted by Crippen LogP contribution is -2.34. The maximum atomic E-state index is 12.5. The number of rotatable bonds is 5. The van der Waals surface area contributed by atoms with Crippen molar-refractivity contribution in [1.29, 1.82) is 5.26 Å². The highest BCUT2D eigenvalue weighted by Crippen LogP contribution is 2.30. The van der Waals surface area contributed by atoms with Crippen LogP contribution in [-0.2, 0) is 10.9 Å². The Kier molecular flexibility index (Phi) is 5.61. The monoisotopic (exact) mass is 366 g/mol. The maximum absolute atomic E-state index is 12.5. The van der Waals surface area contributed by atoms with Crippen molar-refractivity contribution in [1.82, 2.24) is 15.0 Å². The van der Waals surface area contributed by atoms with Gasteiger partial charge in [-0.3, -0.25) is 4.90 Å². The third kappa shape index (κ3) is 4.00. The number of ether oxygens (including phenoxy) is 1. The molecule has 7 nitrogen and oxygen atoms in total. The Morgan fingerprint density at radius 2 is 2.12 bits per heavy atom. The lowest BCUT2D eigenvalue weighted by molar-refractivity contribution is -0.159. The van der Waals surface area contributed by atoms with E-state index in [0.29, 0.717) is 5.56 Å². The summed E-state index contributed by atoms with van der Waals surface area (Å²) >= 11 is 0. The molecule has 2 rings (SSSR count). The largest absolute Gasteiger partial charge is 0.471 e. The first-order chi connectivity index (χ1) is 12.3. The number of nitriles is 1. The zero-order chi connectivity index (χ0) is 19.3. The maximum Gasteiger partial charge on any atom is 0.471 e. The van der Waals surface area contributed by atoms with Crippen molar-refractivity contribution in [3.63, 3.8) is 0 Å². The molecule has 0 aliphatic heterocycles. The second-order valence-electron chi connectivity index (χ2n) is 4.99. The molecule has 2 aromatic rings. The fraction of sp³-hybridized carbons (Fsp3) is 0.250. The first-order valence-electron chi connectivity index (χ1n) is 7.18. The van der Waals surface area contributed by atoms with Gasteiger partial charge in [0.05, 0.1) is 13.2 Å². The van der Waals surface area contributed by atoms with Crippen LogP contribution in [0.25, 0.3) is 11.4 Å². The first kappa shape index (κ1) is 19.0. The molecule has 0 aliphatic rings. The summed E-state index contributed by atoms with van der Waals surface area (Å²) in [5, 5.41) is 12.7. The molecule has 0 fully saturated rings. The van der Waals surface area contributed by atoms with E-state index in [4.69, 9.17) is 0 Å². The van der Waals surface area contributed by atoms with E-state index in [9.17, 15) is 23.2 Å². The second kappa shape index (κ2) is 7.69. The molecule has 1 aromatic heterocycles. The molecular formula is C16H13F3N4O3. The molecule has 1 atom stereocenters. The molecule has 0 aliphatic carbocycles. The van der Waals surface area contributed by atoms with Gasteiger partial charge in [-0.25, -0.2) is 4.79 Å². The van der Waals surface area contributed by atoms with E-state index in [1.54, 1.807) is 0 Å². The van der Waals surface area contributed by atoms with Crippen LogP contribution >= 0.6 is 0 Å². The van der Waals surface area contributed by atoms with Crippen LogP contribution in [0, 0.1) is 11.3 Å². The molecule has 0 saturated heterocycles. The number of methoxy groups -OCH3 is 1. The van der Waals surface area contributed by atoms with Gasteiger partial charge in [-0.1, -0.05) is 35.5 Å². The molecule has 1 aromatic carbocycles. The SMILES string of the molecule is C=CCN(C(=O)OC)C(C#N)c1ccc(-c2noc(C(F)(F)F)n2)cc1. The number of alkyl halides is 3. The highest BCUT2D eigenvalue weighted by molar-refractivity contribution is 5.69. The summed E-state index contributed by atoms with van der Waals surface area (Å²) in [4.78, 5) is 16.3. The lowest BCUT2D eigenvalue weighted by Gasteiger charge is -2.24. The van der Waals surface area contributed by atoms with Crippen LogP contribution in [0.15, 0.2) is 41.4 Å². The Balaban J connectivity index is 2.29. The fourth-order valence-corrected chi connectivity index (χ4v) is 2.14. The zero-order valence-corrected chi connectivity index (χ0v) is 13.5. The van der Waals surface area contributed by atoms with Crippen molar-refractivity contribution in [2.75, 3.05) is 13.7 Å². The molecule has 0 spiro atoms. The van der Waals surface area contributed by atoms with E-state index in [1.807, 2.05) is 6.07 Å². The van der Waals surface area contributed by atoms with Gasteiger partial charge in [0, 0.05) is 12.1 Å². The van der Waals surface area contributed by atoms with Crippen LogP contribution in [0.3, 0.4) is 0 Å². The summed E-state index contributed by atoms with van der Waals surface area (Å²) in [6.07, 6.45) is -4.01. The molecule has 0 saturated carbocycles. The molecule has 0 N–H and O–H groups in total. The van der Waals surface area contributed by atoms with E-state index < -0.39 is 24.2 Å². The van der Waals surface area contributed by atoms with E-state index in [1.165, 1.54) is 37.5 Å². The van der Waals surface area contributed by atoms with Crippen molar-refractivity contribution in [2.45, 2.75) is 12.2 Å². The molecule has 1 heterocycles. The predicted molar refractivity (Wildman–Crippen MR) is 82.4 cm³/mol. The Hall–Kier alpha value is -3.35.